The van der Waals surface area contributed by atoms with Gasteiger partial charge in [-0.3, -0.25) is 0 Å². The highest BCUT2D eigenvalue weighted by molar-refractivity contribution is 7.22. The third-order valence-electron chi connectivity index (χ3n) is 7.56. The molecular weight excluding hydrogens is 480 g/mol. The van der Waals surface area contributed by atoms with Gasteiger partial charge in [-0.25, -0.2) is 4.98 Å². The zero-order valence-corrected chi connectivity index (χ0v) is 23.7. The number of hydrogen-bond acceptors (Lipinski definition) is 7. The normalized spacial score (nSPS) is 15.3. The molecule has 1 aromatic heterocycles. The molecule has 7 heteroatoms. The summed E-state index contributed by atoms with van der Waals surface area (Å²) in [6, 6.07) is 11.4. The lowest BCUT2D eigenvalue weighted by atomic mass is 9.86. The highest BCUT2D eigenvalue weighted by Gasteiger charge is 2.27. The Morgan fingerprint density at radius 3 is 2.73 bits per heavy atom. The molecule has 0 spiro atoms. The van der Waals surface area contributed by atoms with E-state index in [0.717, 1.165) is 49.4 Å². The summed E-state index contributed by atoms with van der Waals surface area (Å²) in [6.07, 6.45) is 10.8. The fourth-order valence-electron chi connectivity index (χ4n) is 5.66. The number of aromatic nitrogens is 1. The Morgan fingerprint density at radius 2 is 1.92 bits per heavy atom. The molecule has 4 rings (SSSR count). The number of benzene rings is 2. The second kappa shape index (κ2) is 14.0. The molecule has 1 atom stereocenters. The topological polar surface area (TPSA) is 72.6 Å². The minimum atomic E-state index is 0.632. The SMILES string of the molecule is CCCN(CCCCCCNCCc1ccc2nc(N)sc2c1)[C@H]1CCc2c(ccc(OC)c2OC)C1. The number of nitrogens with zero attached hydrogens (tertiary/aromatic N) is 2. The van der Waals surface area contributed by atoms with Gasteiger partial charge in [0.05, 0.1) is 24.4 Å². The summed E-state index contributed by atoms with van der Waals surface area (Å²) in [7, 11) is 3.47. The Hall–Kier alpha value is -2.35. The Morgan fingerprint density at radius 1 is 1.05 bits per heavy atom. The van der Waals surface area contributed by atoms with Crippen molar-refractivity contribution in [3.05, 3.63) is 47.0 Å². The third kappa shape index (κ3) is 7.37. The first-order chi connectivity index (χ1) is 18.1. The molecule has 0 fully saturated rings. The van der Waals surface area contributed by atoms with Crippen molar-refractivity contribution < 1.29 is 9.47 Å². The van der Waals surface area contributed by atoms with Gasteiger partial charge in [0.15, 0.2) is 16.6 Å². The molecule has 0 saturated carbocycles. The van der Waals surface area contributed by atoms with Gasteiger partial charge in [-0.2, -0.15) is 0 Å². The molecule has 1 heterocycles. The van der Waals surface area contributed by atoms with Gasteiger partial charge in [-0.1, -0.05) is 43.2 Å². The Labute approximate surface area is 226 Å². The number of unbranched alkanes of at least 4 members (excludes halogenated alkanes) is 3. The van der Waals surface area contributed by atoms with Crippen molar-refractivity contribution in [1.29, 1.82) is 0 Å². The maximum absolute atomic E-state index is 5.82. The van der Waals surface area contributed by atoms with Crippen molar-refractivity contribution in [2.75, 3.05) is 46.1 Å². The van der Waals surface area contributed by atoms with E-state index in [4.69, 9.17) is 15.2 Å². The number of nitrogens with two attached hydrogens (primary N) is 1. The van der Waals surface area contributed by atoms with E-state index in [1.54, 1.807) is 25.6 Å². The number of nitrogen functional groups attached to an aromatic ring is 1. The number of anilines is 1. The average Bonchev–Trinajstić information content (AvgIpc) is 3.29. The van der Waals surface area contributed by atoms with Crippen LogP contribution in [0.3, 0.4) is 0 Å². The Kier molecular flexibility index (Phi) is 10.5. The maximum Gasteiger partial charge on any atom is 0.181 e. The van der Waals surface area contributed by atoms with Crippen LogP contribution in [-0.4, -0.2) is 56.3 Å². The fraction of sp³-hybridized carbons (Fsp3) is 0.567. The number of nitrogens with one attached hydrogen (secondary N) is 1. The van der Waals surface area contributed by atoms with Gasteiger partial charge in [0, 0.05) is 11.6 Å². The van der Waals surface area contributed by atoms with Gasteiger partial charge in [0.2, 0.25) is 0 Å². The zero-order valence-electron chi connectivity index (χ0n) is 22.9. The van der Waals surface area contributed by atoms with Gasteiger partial charge < -0.3 is 25.4 Å². The van der Waals surface area contributed by atoms with E-state index < -0.39 is 0 Å². The van der Waals surface area contributed by atoms with E-state index in [2.05, 4.69) is 52.5 Å². The number of methoxy groups -OCH3 is 2. The van der Waals surface area contributed by atoms with Crippen LogP contribution in [0.15, 0.2) is 30.3 Å². The van der Waals surface area contributed by atoms with Gasteiger partial charge >= 0.3 is 0 Å². The molecule has 37 heavy (non-hydrogen) atoms. The molecule has 3 N–H and O–H groups in total. The largest absolute Gasteiger partial charge is 0.493 e. The minimum absolute atomic E-state index is 0.632. The van der Waals surface area contributed by atoms with Crippen LogP contribution in [0.1, 0.15) is 62.1 Å². The molecule has 0 aliphatic heterocycles. The second-order valence-electron chi connectivity index (χ2n) is 10.1. The van der Waals surface area contributed by atoms with Crippen LogP contribution < -0.4 is 20.5 Å². The van der Waals surface area contributed by atoms with Gasteiger partial charge in [0.25, 0.3) is 0 Å². The predicted molar refractivity (Wildman–Crippen MR) is 156 cm³/mol. The van der Waals surface area contributed by atoms with E-state index in [0.29, 0.717) is 11.2 Å². The van der Waals surface area contributed by atoms with Crippen LogP contribution in [0.25, 0.3) is 10.2 Å². The second-order valence-corrected chi connectivity index (χ2v) is 11.2. The predicted octanol–water partition coefficient (Wildman–Crippen LogP) is 5.86. The molecule has 6 nitrogen and oxygen atoms in total. The number of thiazole rings is 1. The van der Waals surface area contributed by atoms with Crippen molar-refractivity contribution in [1.82, 2.24) is 15.2 Å². The van der Waals surface area contributed by atoms with Crippen LogP contribution in [-0.2, 0) is 19.3 Å². The number of ether oxygens (including phenoxy) is 2. The molecule has 202 valence electrons. The first-order valence-corrected chi connectivity index (χ1v) is 14.8. The average molecular weight is 525 g/mol. The van der Waals surface area contributed by atoms with E-state index in [-0.39, 0.29) is 0 Å². The first-order valence-electron chi connectivity index (χ1n) is 13.9. The number of rotatable bonds is 15. The summed E-state index contributed by atoms with van der Waals surface area (Å²) >= 11 is 1.57. The third-order valence-corrected chi connectivity index (χ3v) is 8.41. The molecule has 3 aromatic rings. The summed E-state index contributed by atoms with van der Waals surface area (Å²) in [5, 5.41) is 4.27. The molecule has 2 aromatic carbocycles. The number of fused-ring (bicyclic) bond motifs is 2. The number of hydrogen-bond donors (Lipinski definition) is 2. The van der Waals surface area contributed by atoms with E-state index in [1.807, 2.05) is 0 Å². The van der Waals surface area contributed by atoms with Crippen LogP contribution in [0, 0.1) is 0 Å². The van der Waals surface area contributed by atoms with Crippen LogP contribution in [0.4, 0.5) is 5.13 Å². The van der Waals surface area contributed by atoms with Crippen molar-refractivity contribution in [2.45, 2.75) is 70.8 Å². The molecule has 0 unspecified atom stereocenters. The summed E-state index contributed by atoms with van der Waals surface area (Å²) in [4.78, 5) is 7.08. The lowest BCUT2D eigenvalue weighted by Gasteiger charge is -2.36. The standard InChI is InChI=1S/C30H44N4O2S/c1-4-18-34(24-11-12-25-23(21-24)10-14-27(35-2)29(25)36-3)19-8-6-5-7-16-32-17-15-22-9-13-26-28(20-22)37-30(31)33-26/h9-10,13-14,20,24,32H,4-8,11-12,15-19,21H2,1-3H3,(H2,31,33)/t24-/m0/s1. The first kappa shape index (κ1) is 27.7. The summed E-state index contributed by atoms with van der Waals surface area (Å²) in [5.74, 6) is 1.78. The molecule has 0 amide bonds. The van der Waals surface area contributed by atoms with Crippen molar-refractivity contribution in [3.63, 3.8) is 0 Å². The quantitative estimate of drug-likeness (QED) is 0.243. The van der Waals surface area contributed by atoms with Gasteiger partial charge in [0.1, 0.15) is 0 Å². The lowest BCUT2D eigenvalue weighted by Crippen LogP contribution is -2.40. The van der Waals surface area contributed by atoms with Gasteiger partial charge in [-0.05, 0) is 100 Å². The van der Waals surface area contributed by atoms with Crippen LogP contribution in [0.2, 0.25) is 0 Å². The summed E-state index contributed by atoms with van der Waals surface area (Å²) < 4.78 is 12.4. The highest BCUT2D eigenvalue weighted by atomic mass is 32.1. The smallest absolute Gasteiger partial charge is 0.181 e. The van der Waals surface area contributed by atoms with Crippen LogP contribution >= 0.6 is 11.3 Å². The molecular formula is C30H44N4O2S. The van der Waals surface area contributed by atoms with E-state index in [9.17, 15) is 0 Å². The molecule has 1 aliphatic rings. The minimum Gasteiger partial charge on any atom is -0.493 e. The Bertz CT molecular complexity index is 1130. The van der Waals surface area contributed by atoms with Crippen LogP contribution in [0.5, 0.6) is 11.5 Å². The molecule has 0 saturated heterocycles. The maximum atomic E-state index is 5.82. The fourth-order valence-corrected chi connectivity index (χ4v) is 6.46. The zero-order chi connectivity index (χ0) is 26.0. The highest BCUT2D eigenvalue weighted by Crippen LogP contribution is 2.38. The molecule has 0 radical (unpaired) electrons. The van der Waals surface area contributed by atoms with Crippen molar-refractivity contribution in [3.8, 4) is 11.5 Å². The van der Waals surface area contributed by atoms with Crippen molar-refractivity contribution >= 4 is 26.7 Å². The Balaban J connectivity index is 1.13. The molecule has 0 bridgehead atoms. The monoisotopic (exact) mass is 524 g/mol. The summed E-state index contributed by atoms with van der Waals surface area (Å²) in [6.45, 7) is 6.81. The lowest BCUT2D eigenvalue weighted by molar-refractivity contribution is 0.175. The molecule has 1 aliphatic carbocycles. The van der Waals surface area contributed by atoms with Gasteiger partial charge in [-0.15, -0.1) is 0 Å². The van der Waals surface area contributed by atoms with E-state index >= 15 is 0 Å². The summed E-state index contributed by atoms with van der Waals surface area (Å²) in [5.41, 5.74) is 10.9. The van der Waals surface area contributed by atoms with E-state index in [1.165, 1.54) is 73.0 Å². The van der Waals surface area contributed by atoms with Crippen molar-refractivity contribution in [2.24, 2.45) is 0 Å².